The van der Waals surface area contributed by atoms with Crippen molar-refractivity contribution in [2.75, 3.05) is 6.54 Å². The van der Waals surface area contributed by atoms with Crippen molar-refractivity contribution in [2.45, 2.75) is 38.1 Å². The molecule has 0 bridgehead atoms. The van der Waals surface area contributed by atoms with Gasteiger partial charge < -0.3 is 20.7 Å². The largest absolute Gasteiger partial charge is 0.465 e. The molecule has 35 heavy (non-hydrogen) atoms. The Labute approximate surface area is 204 Å². The summed E-state index contributed by atoms with van der Waals surface area (Å²) in [5.41, 5.74) is 3.43. The van der Waals surface area contributed by atoms with E-state index in [4.69, 9.17) is 10.4 Å². The minimum Gasteiger partial charge on any atom is -0.465 e. The van der Waals surface area contributed by atoms with Crippen LogP contribution >= 0.6 is 0 Å². The van der Waals surface area contributed by atoms with E-state index in [0.717, 1.165) is 42.5 Å². The number of nitriles is 1. The summed E-state index contributed by atoms with van der Waals surface area (Å²) in [4.78, 5) is 31.9. The van der Waals surface area contributed by atoms with Gasteiger partial charge in [-0.2, -0.15) is 5.26 Å². The Morgan fingerprint density at radius 3 is 2.46 bits per heavy atom. The fraction of sp³-hybridized carbons (Fsp3) is 0.333. The number of nitrogens with one attached hydrogen (secondary N) is 3. The van der Waals surface area contributed by atoms with Gasteiger partial charge in [-0.15, -0.1) is 0 Å². The first-order valence-electron chi connectivity index (χ1n) is 11.9. The van der Waals surface area contributed by atoms with Gasteiger partial charge in [-0.25, -0.2) is 9.78 Å². The number of aromatic nitrogens is 2. The number of rotatable bonds is 8. The van der Waals surface area contributed by atoms with Crippen LogP contribution in [0.25, 0.3) is 11.3 Å². The van der Waals surface area contributed by atoms with Crippen LogP contribution in [0.3, 0.4) is 0 Å². The molecule has 0 spiro atoms. The molecule has 0 saturated heterocycles. The molecule has 8 nitrogen and oxygen atoms in total. The van der Waals surface area contributed by atoms with Crippen LogP contribution in [0.4, 0.5) is 4.79 Å². The van der Waals surface area contributed by atoms with Gasteiger partial charge in [0.25, 0.3) is 0 Å². The predicted molar refractivity (Wildman–Crippen MR) is 131 cm³/mol. The molecule has 1 atom stereocenters. The van der Waals surface area contributed by atoms with Gasteiger partial charge in [0.2, 0.25) is 5.91 Å². The number of aromatic amines is 1. The second kappa shape index (κ2) is 11.3. The van der Waals surface area contributed by atoms with E-state index in [1.54, 1.807) is 18.3 Å². The van der Waals surface area contributed by atoms with E-state index in [2.05, 4.69) is 26.7 Å². The topological polar surface area (TPSA) is 131 Å². The number of imidazole rings is 1. The highest BCUT2D eigenvalue weighted by Crippen LogP contribution is 2.30. The number of benzene rings is 2. The first kappa shape index (κ1) is 24.0. The van der Waals surface area contributed by atoms with Crippen molar-refractivity contribution in [3.8, 4) is 17.3 Å². The van der Waals surface area contributed by atoms with Crippen LogP contribution < -0.4 is 10.6 Å². The molecule has 1 saturated carbocycles. The Hall–Kier alpha value is -4.12. The zero-order valence-electron chi connectivity index (χ0n) is 19.4. The van der Waals surface area contributed by atoms with Crippen LogP contribution in [0.15, 0.2) is 60.8 Å². The summed E-state index contributed by atoms with van der Waals surface area (Å²) in [5, 5.41) is 23.5. The van der Waals surface area contributed by atoms with E-state index in [0.29, 0.717) is 24.4 Å². The molecule has 0 aliphatic heterocycles. The maximum atomic E-state index is 13.2. The zero-order chi connectivity index (χ0) is 24.6. The summed E-state index contributed by atoms with van der Waals surface area (Å²) in [5.74, 6) is 0.866. The van der Waals surface area contributed by atoms with Crippen molar-refractivity contribution in [2.24, 2.45) is 11.8 Å². The summed E-state index contributed by atoms with van der Waals surface area (Å²) in [6.07, 6.45) is 4.48. The van der Waals surface area contributed by atoms with Crippen molar-refractivity contribution < 1.29 is 14.7 Å². The van der Waals surface area contributed by atoms with Crippen molar-refractivity contribution in [1.82, 2.24) is 20.6 Å². The molecular formula is C27H29N5O3. The number of carboxylic acid groups (broad SMARTS) is 1. The molecule has 2 amide bonds. The fourth-order valence-electron chi connectivity index (χ4n) is 4.60. The normalized spacial score (nSPS) is 18.3. The van der Waals surface area contributed by atoms with Crippen molar-refractivity contribution >= 4 is 12.0 Å². The second-order valence-corrected chi connectivity index (χ2v) is 9.03. The molecule has 1 aliphatic rings. The molecule has 4 N–H and O–H groups in total. The first-order chi connectivity index (χ1) is 17.0. The molecule has 1 heterocycles. The average molecular weight is 472 g/mol. The zero-order valence-corrected chi connectivity index (χ0v) is 19.4. The molecular weight excluding hydrogens is 442 g/mol. The maximum absolute atomic E-state index is 13.2. The molecule has 1 aromatic heterocycles. The predicted octanol–water partition coefficient (Wildman–Crippen LogP) is 4.42. The molecule has 3 aromatic rings. The van der Waals surface area contributed by atoms with Crippen LogP contribution in [-0.2, 0) is 11.2 Å². The first-order valence-corrected chi connectivity index (χ1v) is 11.9. The van der Waals surface area contributed by atoms with E-state index in [1.807, 2.05) is 42.5 Å². The van der Waals surface area contributed by atoms with Gasteiger partial charge >= 0.3 is 6.09 Å². The number of nitrogens with zero attached hydrogens (tertiary/aromatic N) is 2. The van der Waals surface area contributed by atoms with Crippen LogP contribution in [0.2, 0.25) is 0 Å². The minimum atomic E-state index is -1.01. The summed E-state index contributed by atoms with van der Waals surface area (Å²) in [6, 6.07) is 19.1. The highest BCUT2D eigenvalue weighted by atomic mass is 16.4. The lowest BCUT2D eigenvalue weighted by Gasteiger charge is -2.29. The van der Waals surface area contributed by atoms with Gasteiger partial charge in [0.15, 0.2) is 0 Å². The molecule has 1 fully saturated rings. The molecule has 0 radical (unpaired) electrons. The molecule has 0 unspecified atom stereocenters. The average Bonchev–Trinajstić information content (AvgIpc) is 3.38. The van der Waals surface area contributed by atoms with Crippen molar-refractivity contribution in [1.29, 1.82) is 5.26 Å². The van der Waals surface area contributed by atoms with E-state index in [1.165, 1.54) is 0 Å². The Bertz CT molecular complexity index is 1180. The van der Waals surface area contributed by atoms with Gasteiger partial charge in [0, 0.05) is 12.5 Å². The Kier molecular flexibility index (Phi) is 7.78. The smallest absolute Gasteiger partial charge is 0.404 e. The van der Waals surface area contributed by atoms with Crippen molar-refractivity contribution in [3.63, 3.8) is 0 Å². The molecule has 8 heteroatoms. The number of carbonyl (C=O) groups is 2. The van der Waals surface area contributed by atoms with Crippen molar-refractivity contribution in [3.05, 3.63) is 77.7 Å². The third-order valence-corrected chi connectivity index (χ3v) is 6.61. The quantitative estimate of drug-likeness (QED) is 0.386. The van der Waals surface area contributed by atoms with E-state index < -0.39 is 6.09 Å². The summed E-state index contributed by atoms with van der Waals surface area (Å²) < 4.78 is 0. The molecule has 2 aromatic carbocycles. The lowest BCUT2D eigenvalue weighted by atomic mass is 9.81. The minimum absolute atomic E-state index is 0.00639. The van der Waals surface area contributed by atoms with Gasteiger partial charge in [-0.1, -0.05) is 42.5 Å². The Balaban J connectivity index is 1.45. The van der Waals surface area contributed by atoms with E-state index >= 15 is 0 Å². The lowest BCUT2D eigenvalue weighted by molar-refractivity contribution is -0.127. The highest BCUT2D eigenvalue weighted by Gasteiger charge is 2.29. The van der Waals surface area contributed by atoms with Gasteiger partial charge in [0.05, 0.1) is 29.6 Å². The SMILES string of the molecule is N#Cc1ccc(-c2cnc([C@H](Cc3ccccc3)NC(=O)C3CCC(CNC(=O)O)CC3)[nH]2)cc1. The Morgan fingerprint density at radius 2 is 1.80 bits per heavy atom. The van der Waals surface area contributed by atoms with Gasteiger partial charge in [0.1, 0.15) is 5.82 Å². The number of hydrogen-bond acceptors (Lipinski definition) is 4. The maximum Gasteiger partial charge on any atom is 0.404 e. The molecule has 180 valence electrons. The highest BCUT2D eigenvalue weighted by molar-refractivity contribution is 5.79. The van der Waals surface area contributed by atoms with Gasteiger partial charge in [-0.3, -0.25) is 4.79 Å². The molecule has 4 rings (SSSR count). The monoisotopic (exact) mass is 471 g/mol. The number of hydrogen-bond donors (Lipinski definition) is 4. The summed E-state index contributed by atoms with van der Waals surface area (Å²) in [6.45, 7) is 0.435. The number of carbonyl (C=O) groups excluding carboxylic acids is 1. The lowest BCUT2D eigenvalue weighted by Crippen LogP contribution is -2.38. The van der Waals surface area contributed by atoms with Crippen LogP contribution in [0, 0.1) is 23.2 Å². The summed E-state index contributed by atoms with van der Waals surface area (Å²) >= 11 is 0. The fourth-order valence-corrected chi connectivity index (χ4v) is 4.60. The number of amides is 2. The van der Waals surface area contributed by atoms with Crippen LogP contribution in [-0.4, -0.2) is 33.6 Å². The van der Waals surface area contributed by atoms with E-state index in [9.17, 15) is 9.59 Å². The van der Waals surface area contributed by atoms with Gasteiger partial charge in [-0.05, 0) is 61.3 Å². The third kappa shape index (κ3) is 6.48. The standard InChI is InChI=1S/C27H29N5O3/c28-15-19-6-10-21(11-7-19)24-17-29-25(31-24)23(14-18-4-2-1-3-5-18)32-26(33)22-12-8-20(9-13-22)16-30-27(34)35/h1-7,10-11,17,20,22-23,30H,8-9,12-14,16H2,(H,29,31)(H,32,33)(H,34,35)/t20?,22?,23-/m0/s1. The van der Waals surface area contributed by atoms with E-state index in [-0.39, 0.29) is 23.8 Å². The number of H-pyrrole nitrogens is 1. The van der Waals surface area contributed by atoms with Crippen LogP contribution in [0.5, 0.6) is 0 Å². The second-order valence-electron chi connectivity index (χ2n) is 9.03. The third-order valence-electron chi connectivity index (χ3n) is 6.61. The van der Waals surface area contributed by atoms with Crippen LogP contribution in [0.1, 0.15) is 48.7 Å². The molecule has 1 aliphatic carbocycles. The Morgan fingerprint density at radius 1 is 1.09 bits per heavy atom. The summed E-state index contributed by atoms with van der Waals surface area (Å²) in [7, 11) is 0.